The molecule has 1 fully saturated rings. The standard InChI is InChI=1S/C21H23BrN4O2/c1-13-18(11-16-15-10-14(22)4-5-17(15)25-21(16)28)23-12-19(13)24-20(27)6-9-26-7-2-3-8-26/h4-5,10-12,23H,2-3,6-9H2,1H3,(H,24,27)(H,25,28)/b16-11-. The van der Waals surface area contributed by atoms with Crippen molar-refractivity contribution < 1.29 is 9.59 Å². The van der Waals surface area contributed by atoms with Gasteiger partial charge in [0.25, 0.3) is 5.91 Å². The van der Waals surface area contributed by atoms with Gasteiger partial charge in [0.2, 0.25) is 5.91 Å². The zero-order chi connectivity index (χ0) is 19.7. The summed E-state index contributed by atoms with van der Waals surface area (Å²) in [6.07, 6.45) is 6.56. The second-order valence-electron chi connectivity index (χ2n) is 7.29. The monoisotopic (exact) mass is 442 g/mol. The summed E-state index contributed by atoms with van der Waals surface area (Å²) in [6.45, 7) is 4.92. The van der Waals surface area contributed by atoms with Crippen LogP contribution in [0.25, 0.3) is 11.6 Å². The molecule has 4 rings (SSSR count). The van der Waals surface area contributed by atoms with E-state index in [0.29, 0.717) is 12.0 Å². The molecule has 0 atom stereocenters. The maximum Gasteiger partial charge on any atom is 0.256 e. The summed E-state index contributed by atoms with van der Waals surface area (Å²) in [5.41, 5.74) is 4.76. The number of H-pyrrole nitrogens is 1. The Morgan fingerprint density at radius 1 is 1.32 bits per heavy atom. The van der Waals surface area contributed by atoms with Crippen LogP contribution >= 0.6 is 15.9 Å². The van der Waals surface area contributed by atoms with E-state index in [1.807, 2.05) is 31.2 Å². The second kappa shape index (κ2) is 7.93. The summed E-state index contributed by atoms with van der Waals surface area (Å²) < 4.78 is 0.919. The van der Waals surface area contributed by atoms with E-state index < -0.39 is 0 Å². The van der Waals surface area contributed by atoms with Crippen LogP contribution in [0.15, 0.2) is 28.9 Å². The van der Waals surface area contributed by atoms with Crippen LogP contribution in [0.2, 0.25) is 0 Å². The third-order valence-electron chi connectivity index (χ3n) is 5.36. The Balaban J connectivity index is 1.48. The van der Waals surface area contributed by atoms with Gasteiger partial charge < -0.3 is 20.5 Å². The highest BCUT2D eigenvalue weighted by Gasteiger charge is 2.25. The summed E-state index contributed by atoms with van der Waals surface area (Å²) in [4.78, 5) is 30.2. The van der Waals surface area contributed by atoms with Gasteiger partial charge in [0, 0.05) is 40.6 Å². The summed E-state index contributed by atoms with van der Waals surface area (Å²) in [6, 6.07) is 5.71. The van der Waals surface area contributed by atoms with Crippen LogP contribution in [0.5, 0.6) is 0 Å². The molecule has 2 aromatic rings. The van der Waals surface area contributed by atoms with Crippen LogP contribution in [-0.4, -0.2) is 41.3 Å². The number of likely N-dealkylation sites (tertiary alicyclic amines) is 1. The molecule has 6 nitrogen and oxygen atoms in total. The van der Waals surface area contributed by atoms with E-state index in [0.717, 1.165) is 52.3 Å². The highest BCUT2D eigenvalue weighted by molar-refractivity contribution is 9.10. The Bertz CT molecular complexity index is 957. The van der Waals surface area contributed by atoms with E-state index in [1.54, 1.807) is 6.20 Å². The van der Waals surface area contributed by atoms with Gasteiger partial charge in [0.1, 0.15) is 0 Å². The second-order valence-corrected chi connectivity index (χ2v) is 8.21. The van der Waals surface area contributed by atoms with Gasteiger partial charge in [-0.25, -0.2) is 0 Å². The fourth-order valence-corrected chi connectivity index (χ4v) is 4.08. The number of aromatic amines is 1. The third-order valence-corrected chi connectivity index (χ3v) is 5.85. The normalized spacial score (nSPS) is 17.8. The molecule has 2 aliphatic rings. The number of benzene rings is 1. The van der Waals surface area contributed by atoms with Crippen molar-refractivity contribution in [1.82, 2.24) is 9.88 Å². The first kappa shape index (κ1) is 19.0. The maximum atomic E-state index is 12.4. The smallest absolute Gasteiger partial charge is 0.256 e. The van der Waals surface area contributed by atoms with Crippen LogP contribution in [0.4, 0.5) is 11.4 Å². The zero-order valence-electron chi connectivity index (χ0n) is 15.8. The van der Waals surface area contributed by atoms with Gasteiger partial charge in [0.05, 0.1) is 11.3 Å². The molecule has 3 heterocycles. The zero-order valence-corrected chi connectivity index (χ0v) is 17.4. The molecule has 146 valence electrons. The first-order valence-electron chi connectivity index (χ1n) is 9.54. The van der Waals surface area contributed by atoms with Gasteiger partial charge in [-0.15, -0.1) is 0 Å². The topological polar surface area (TPSA) is 77.2 Å². The fourth-order valence-electron chi connectivity index (χ4n) is 3.72. The van der Waals surface area contributed by atoms with Gasteiger partial charge in [-0.3, -0.25) is 9.59 Å². The van der Waals surface area contributed by atoms with Crippen LogP contribution < -0.4 is 10.6 Å². The van der Waals surface area contributed by atoms with Crippen LogP contribution in [0, 0.1) is 6.92 Å². The quantitative estimate of drug-likeness (QED) is 0.612. The molecule has 0 saturated carbocycles. The predicted molar refractivity (Wildman–Crippen MR) is 115 cm³/mol. The number of carbonyl (C=O) groups excluding carboxylic acids is 2. The first-order chi connectivity index (χ1) is 13.5. The molecule has 2 aliphatic heterocycles. The van der Waals surface area contributed by atoms with Crippen molar-refractivity contribution in [3.05, 3.63) is 45.7 Å². The molecule has 2 amide bonds. The lowest BCUT2D eigenvalue weighted by molar-refractivity contribution is -0.116. The minimum Gasteiger partial charge on any atom is -0.360 e. The fraction of sp³-hybridized carbons (Fsp3) is 0.333. The Hall–Kier alpha value is -2.38. The minimum absolute atomic E-state index is 0.0149. The van der Waals surface area contributed by atoms with Gasteiger partial charge in [-0.05, 0) is 62.7 Å². The molecule has 0 bridgehead atoms. The third kappa shape index (κ3) is 3.91. The largest absolute Gasteiger partial charge is 0.360 e. The number of halogens is 1. The summed E-state index contributed by atoms with van der Waals surface area (Å²) in [7, 11) is 0. The Kier molecular flexibility index (Phi) is 5.37. The average molecular weight is 443 g/mol. The van der Waals surface area contributed by atoms with Crippen molar-refractivity contribution in [3.63, 3.8) is 0 Å². The minimum atomic E-state index is -0.127. The Morgan fingerprint density at radius 3 is 2.89 bits per heavy atom. The Morgan fingerprint density at radius 2 is 2.11 bits per heavy atom. The average Bonchev–Trinajstić information content (AvgIpc) is 3.37. The van der Waals surface area contributed by atoms with Crippen molar-refractivity contribution in [2.75, 3.05) is 30.3 Å². The lowest BCUT2D eigenvalue weighted by atomic mass is 10.1. The lowest BCUT2D eigenvalue weighted by Gasteiger charge is -2.13. The lowest BCUT2D eigenvalue weighted by Crippen LogP contribution is -2.25. The maximum absolute atomic E-state index is 12.4. The predicted octanol–water partition coefficient (Wildman–Crippen LogP) is 4.00. The van der Waals surface area contributed by atoms with Crippen molar-refractivity contribution >= 4 is 50.8 Å². The molecule has 1 aromatic heterocycles. The molecular weight excluding hydrogens is 420 g/mol. The molecule has 0 radical (unpaired) electrons. The van der Waals surface area contributed by atoms with Crippen LogP contribution in [0.3, 0.4) is 0 Å². The van der Waals surface area contributed by atoms with E-state index >= 15 is 0 Å². The summed E-state index contributed by atoms with van der Waals surface area (Å²) in [5, 5.41) is 5.87. The number of hydrogen-bond acceptors (Lipinski definition) is 3. The van der Waals surface area contributed by atoms with E-state index in [9.17, 15) is 9.59 Å². The number of fused-ring (bicyclic) bond motifs is 1. The van der Waals surface area contributed by atoms with Crippen molar-refractivity contribution in [2.45, 2.75) is 26.2 Å². The number of rotatable bonds is 5. The molecule has 0 spiro atoms. The van der Waals surface area contributed by atoms with Crippen LogP contribution in [-0.2, 0) is 9.59 Å². The van der Waals surface area contributed by atoms with E-state index in [4.69, 9.17) is 0 Å². The number of nitrogens with one attached hydrogen (secondary N) is 3. The molecule has 0 aliphatic carbocycles. The van der Waals surface area contributed by atoms with E-state index in [-0.39, 0.29) is 11.8 Å². The summed E-state index contributed by atoms with van der Waals surface area (Å²) in [5.74, 6) is -0.112. The molecule has 7 heteroatoms. The number of nitrogens with zero attached hydrogens (tertiary/aromatic N) is 1. The van der Waals surface area contributed by atoms with Gasteiger partial charge >= 0.3 is 0 Å². The highest BCUT2D eigenvalue weighted by Crippen LogP contribution is 2.35. The first-order valence-corrected chi connectivity index (χ1v) is 10.3. The molecule has 0 unspecified atom stereocenters. The number of carbonyl (C=O) groups is 2. The van der Waals surface area contributed by atoms with Gasteiger partial charge in [-0.2, -0.15) is 0 Å². The highest BCUT2D eigenvalue weighted by atomic mass is 79.9. The van der Waals surface area contributed by atoms with Gasteiger partial charge in [0.15, 0.2) is 0 Å². The van der Waals surface area contributed by atoms with Crippen molar-refractivity contribution in [3.8, 4) is 0 Å². The Labute approximate surface area is 172 Å². The molecule has 3 N–H and O–H groups in total. The number of amides is 2. The number of aromatic nitrogens is 1. The summed E-state index contributed by atoms with van der Waals surface area (Å²) >= 11 is 3.46. The number of anilines is 2. The number of hydrogen-bond donors (Lipinski definition) is 3. The molecule has 28 heavy (non-hydrogen) atoms. The van der Waals surface area contributed by atoms with Crippen molar-refractivity contribution in [2.24, 2.45) is 0 Å². The SMILES string of the molecule is Cc1c(NC(=O)CCN2CCCC2)c[nH]c1/C=C1\C(=O)Nc2ccc(Br)cc21. The van der Waals surface area contributed by atoms with E-state index in [2.05, 4.69) is 36.4 Å². The molecular formula is C21H23BrN4O2. The molecule has 1 aromatic carbocycles. The van der Waals surface area contributed by atoms with Crippen LogP contribution in [0.1, 0.15) is 36.1 Å². The van der Waals surface area contributed by atoms with Gasteiger partial charge in [-0.1, -0.05) is 15.9 Å². The van der Waals surface area contributed by atoms with Crippen molar-refractivity contribution in [1.29, 1.82) is 0 Å². The van der Waals surface area contributed by atoms with E-state index in [1.165, 1.54) is 12.8 Å². The molecule has 1 saturated heterocycles.